The van der Waals surface area contributed by atoms with E-state index in [4.69, 9.17) is 4.74 Å². The molecule has 0 bridgehead atoms. The predicted octanol–water partition coefficient (Wildman–Crippen LogP) is 3.52. The molecule has 0 atom stereocenters. The molecule has 0 amide bonds. The lowest BCUT2D eigenvalue weighted by Crippen LogP contribution is -2.38. The van der Waals surface area contributed by atoms with Gasteiger partial charge in [-0.1, -0.05) is 12.1 Å². The Kier molecular flexibility index (Phi) is 14.7. The molecule has 1 aromatic carbocycles. The van der Waals surface area contributed by atoms with E-state index in [1.54, 1.807) is 12.1 Å². The van der Waals surface area contributed by atoms with Crippen LogP contribution < -0.4 is 10.6 Å². The first-order valence-corrected chi connectivity index (χ1v) is 8.73. The van der Waals surface area contributed by atoms with Crippen LogP contribution in [0.1, 0.15) is 20.3 Å². The van der Waals surface area contributed by atoms with Crippen LogP contribution in [0.4, 0.5) is 4.39 Å². The zero-order valence-corrected chi connectivity index (χ0v) is 17.0. The summed E-state index contributed by atoms with van der Waals surface area (Å²) < 4.78 is 18.8. The van der Waals surface area contributed by atoms with Crippen molar-refractivity contribution >= 4 is 41.7 Å². The van der Waals surface area contributed by atoms with Crippen LogP contribution in [0.5, 0.6) is 0 Å². The predicted molar refractivity (Wildman–Crippen MR) is 108 cm³/mol. The fourth-order valence-corrected chi connectivity index (χ4v) is 2.54. The molecule has 23 heavy (non-hydrogen) atoms. The number of halogens is 2. The quantitative estimate of drug-likeness (QED) is 0.186. The van der Waals surface area contributed by atoms with Crippen LogP contribution in [0, 0.1) is 5.82 Å². The number of hydrogen-bond donors (Lipinski definition) is 2. The average Bonchev–Trinajstić information content (AvgIpc) is 2.52. The molecule has 2 N–H and O–H groups in total. The van der Waals surface area contributed by atoms with Crippen LogP contribution in [0.25, 0.3) is 0 Å². The summed E-state index contributed by atoms with van der Waals surface area (Å²) in [4.78, 5) is 5.16. The van der Waals surface area contributed by atoms with Gasteiger partial charge in [0.25, 0.3) is 0 Å². The molecule has 0 radical (unpaired) electrons. The van der Waals surface area contributed by atoms with E-state index in [1.807, 2.05) is 19.9 Å². The molecule has 0 aliphatic rings. The van der Waals surface area contributed by atoms with Crippen LogP contribution in [0.2, 0.25) is 0 Å². The number of nitrogens with one attached hydrogen (secondary N) is 2. The Morgan fingerprint density at radius 3 is 2.74 bits per heavy atom. The van der Waals surface area contributed by atoms with Crippen molar-refractivity contribution in [3.05, 3.63) is 30.1 Å². The number of thioether (sulfide) groups is 1. The Bertz CT molecular complexity index is 449. The SMILES string of the molecule is CCNC(=NCCCOCC)NCCSc1ccccc1F.I. The standard InChI is InChI=1S/C16H26FN3OS.HI/c1-3-18-16(19-10-7-12-21-4-2)20-11-13-22-15-9-6-5-8-14(15)17;/h5-6,8-9H,3-4,7,10-13H2,1-2H3,(H2,18,19,20);1H. The summed E-state index contributed by atoms with van der Waals surface area (Å²) in [5.41, 5.74) is 0. The van der Waals surface area contributed by atoms with E-state index in [0.29, 0.717) is 4.90 Å². The monoisotopic (exact) mass is 455 g/mol. The normalized spacial score (nSPS) is 11.0. The van der Waals surface area contributed by atoms with Crippen LogP contribution in [0.15, 0.2) is 34.2 Å². The Morgan fingerprint density at radius 2 is 2.04 bits per heavy atom. The first-order valence-electron chi connectivity index (χ1n) is 7.75. The first-order chi connectivity index (χ1) is 10.8. The summed E-state index contributed by atoms with van der Waals surface area (Å²) in [5.74, 6) is 1.42. The number of aliphatic imine (C=N–C) groups is 1. The molecule has 0 unspecified atom stereocenters. The van der Waals surface area contributed by atoms with Gasteiger partial charge in [-0.25, -0.2) is 4.39 Å². The lowest BCUT2D eigenvalue weighted by molar-refractivity contribution is 0.146. The Labute approximate surface area is 160 Å². The molecule has 0 saturated heterocycles. The van der Waals surface area contributed by atoms with Crippen molar-refractivity contribution in [1.82, 2.24) is 10.6 Å². The van der Waals surface area contributed by atoms with E-state index in [0.717, 1.165) is 51.0 Å². The van der Waals surface area contributed by atoms with Crippen molar-refractivity contribution in [1.29, 1.82) is 0 Å². The van der Waals surface area contributed by atoms with Crippen molar-refractivity contribution in [3.8, 4) is 0 Å². The minimum Gasteiger partial charge on any atom is -0.382 e. The lowest BCUT2D eigenvalue weighted by Gasteiger charge is -2.11. The fourth-order valence-electron chi connectivity index (χ4n) is 1.74. The maximum absolute atomic E-state index is 13.5. The third-order valence-electron chi connectivity index (χ3n) is 2.75. The van der Waals surface area contributed by atoms with E-state index >= 15 is 0 Å². The number of ether oxygens (including phenoxy) is 1. The van der Waals surface area contributed by atoms with Crippen molar-refractivity contribution in [2.24, 2.45) is 4.99 Å². The molecular formula is C16H27FIN3OS. The fraction of sp³-hybridized carbons (Fsp3) is 0.562. The lowest BCUT2D eigenvalue weighted by atomic mass is 10.3. The van der Waals surface area contributed by atoms with Gasteiger partial charge in [0.05, 0.1) is 0 Å². The number of guanidine groups is 1. The third kappa shape index (κ3) is 10.8. The summed E-state index contributed by atoms with van der Waals surface area (Å²) in [5, 5.41) is 6.45. The highest BCUT2D eigenvalue weighted by atomic mass is 127. The Balaban J connectivity index is 0.00000484. The van der Waals surface area contributed by atoms with E-state index in [-0.39, 0.29) is 29.8 Å². The molecule has 0 aliphatic heterocycles. The van der Waals surface area contributed by atoms with Gasteiger partial charge in [-0.05, 0) is 32.4 Å². The van der Waals surface area contributed by atoms with Gasteiger partial charge in [-0.15, -0.1) is 35.7 Å². The van der Waals surface area contributed by atoms with E-state index in [9.17, 15) is 4.39 Å². The summed E-state index contributed by atoms with van der Waals surface area (Å²) in [6.07, 6.45) is 0.911. The molecule has 4 nitrogen and oxygen atoms in total. The van der Waals surface area contributed by atoms with Crippen molar-refractivity contribution in [2.45, 2.75) is 25.2 Å². The number of hydrogen-bond acceptors (Lipinski definition) is 3. The van der Waals surface area contributed by atoms with Crippen LogP contribution in [0.3, 0.4) is 0 Å². The molecule has 0 saturated carbocycles. The van der Waals surface area contributed by atoms with Gasteiger partial charge in [-0.3, -0.25) is 4.99 Å². The first kappa shape index (κ1) is 22.5. The molecule has 0 fully saturated rings. The van der Waals surface area contributed by atoms with E-state index < -0.39 is 0 Å². The zero-order chi connectivity index (χ0) is 16.0. The minimum atomic E-state index is -0.163. The van der Waals surface area contributed by atoms with Crippen molar-refractivity contribution in [3.63, 3.8) is 0 Å². The molecule has 1 aromatic rings. The summed E-state index contributed by atoms with van der Waals surface area (Å²) >= 11 is 1.50. The molecule has 0 spiro atoms. The second-order valence-corrected chi connectivity index (χ2v) is 5.65. The average molecular weight is 455 g/mol. The molecule has 7 heteroatoms. The van der Waals surface area contributed by atoms with Gasteiger partial charge in [0.2, 0.25) is 0 Å². The summed E-state index contributed by atoms with van der Waals surface area (Å²) in [6.45, 7) is 7.79. The van der Waals surface area contributed by atoms with Gasteiger partial charge in [-0.2, -0.15) is 0 Å². The molecule has 1 rings (SSSR count). The Morgan fingerprint density at radius 1 is 1.26 bits per heavy atom. The highest BCUT2D eigenvalue weighted by Gasteiger charge is 2.01. The van der Waals surface area contributed by atoms with Gasteiger partial charge < -0.3 is 15.4 Å². The minimum absolute atomic E-state index is 0. The Hall–Kier alpha value is -0.540. The highest BCUT2D eigenvalue weighted by molar-refractivity contribution is 14.0. The molecule has 0 aliphatic carbocycles. The van der Waals surface area contributed by atoms with E-state index in [1.165, 1.54) is 17.8 Å². The van der Waals surface area contributed by atoms with Gasteiger partial charge in [0.1, 0.15) is 5.82 Å². The van der Waals surface area contributed by atoms with Gasteiger partial charge in [0, 0.05) is 43.5 Å². The second-order valence-electron chi connectivity index (χ2n) is 4.52. The summed E-state index contributed by atoms with van der Waals surface area (Å²) in [6, 6.07) is 6.84. The highest BCUT2D eigenvalue weighted by Crippen LogP contribution is 2.20. The number of rotatable bonds is 10. The molecule has 0 aromatic heterocycles. The summed E-state index contributed by atoms with van der Waals surface area (Å²) in [7, 11) is 0. The zero-order valence-electron chi connectivity index (χ0n) is 13.8. The molecule has 132 valence electrons. The molecule has 0 heterocycles. The van der Waals surface area contributed by atoms with Gasteiger partial charge in [0.15, 0.2) is 5.96 Å². The van der Waals surface area contributed by atoms with Crippen LogP contribution >= 0.6 is 35.7 Å². The second kappa shape index (κ2) is 15.0. The smallest absolute Gasteiger partial charge is 0.191 e. The maximum atomic E-state index is 13.5. The van der Waals surface area contributed by atoms with Crippen molar-refractivity contribution in [2.75, 3.05) is 38.6 Å². The third-order valence-corrected chi connectivity index (χ3v) is 3.80. The molecular weight excluding hydrogens is 428 g/mol. The van der Waals surface area contributed by atoms with Crippen LogP contribution in [-0.4, -0.2) is 44.6 Å². The largest absolute Gasteiger partial charge is 0.382 e. The number of benzene rings is 1. The van der Waals surface area contributed by atoms with Crippen LogP contribution in [-0.2, 0) is 4.74 Å². The topological polar surface area (TPSA) is 45.7 Å². The van der Waals surface area contributed by atoms with E-state index in [2.05, 4.69) is 15.6 Å². The van der Waals surface area contributed by atoms with Gasteiger partial charge >= 0.3 is 0 Å². The van der Waals surface area contributed by atoms with Crippen molar-refractivity contribution < 1.29 is 9.13 Å². The number of nitrogens with zero attached hydrogens (tertiary/aromatic N) is 1. The maximum Gasteiger partial charge on any atom is 0.191 e.